The van der Waals surface area contributed by atoms with E-state index >= 15 is 0 Å². The summed E-state index contributed by atoms with van der Waals surface area (Å²) >= 11 is 0. The van der Waals surface area contributed by atoms with Crippen molar-refractivity contribution < 1.29 is 5.11 Å². The first-order chi connectivity index (χ1) is 3.27. The highest BCUT2D eigenvalue weighted by Gasteiger charge is 1.79. The van der Waals surface area contributed by atoms with Gasteiger partial charge in [0.05, 0.1) is 6.10 Å². The summed E-state index contributed by atoms with van der Waals surface area (Å²) in [6.07, 6.45) is 3.02. The molecule has 2 nitrogen and oxygen atoms in total. The van der Waals surface area contributed by atoms with Crippen LogP contribution in [0.4, 0.5) is 0 Å². The van der Waals surface area contributed by atoms with Crippen LogP contribution in [0.15, 0.2) is 12.2 Å². The van der Waals surface area contributed by atoms with Crippen molar-refractivity contribution in [1.29, 1.82) is 0 Å². The minimum atomic E-state index is -0.358. The SMILES string of the molecule is CC(O)C=CCN. The summed E-state index contributed by atoms with van der Waals surface area (Å²) in [5.41, 5.74) is 5.08. The van der Waals surface area contributed by atoms with Crippen LogP contribution in [-0.2, 0) is 0 Å². The van der Waals surface area contributed by atoms with Gasteiger partial charge in [-0.2, -0.15) is 0 Å². The molecule has 0 bridgehead atoms. The zero-order valence-electron chi connectivity index (χ0n) is 4.46. The maximum atomic E-state index is 8.54. The maximum absolute atomic E-state index is 8.54. The Morgan fingerprint density at radius 1 is 1.86 bits per heavy atom. The lowest BCUT2D eigenvalue weighted by Gasteiger charge is -1.89. The van der Waals surface area contributed by atoms with Crippen LogP contribution in [-0.4, -0.2) is 17.8 Å². The molecule has 0 aliphatic rings. The Morgan fingerprint density at radius 3 is 2.57 bits per heavy atom. The Kier molecular flexibility index (Phi) is 3.65. The molecule has 0 fully saturated rings. The van der Waals surface area contributed by atoms with Crippen molar-refractivity contribution in [3.05, 3.63) is 12.2 Å². The molecule has 0 aliphatic carbocycles. The van der Waals surface area contributed by atoms with E-state index in [1.165, 1.54) is 0 Å². The summed E-state index contributed by atoms with van der Waals surface area (Å²) in [5, 5.41) is 8.54. The minimum absolute atomic E-state index is 0.358. The van der Waals surface area contributed by atoms with Crippen LogP contribution in [0, 0.1) is 0 Å². The third kappa shape index (κ3) is 5.66. The van der Waals surface area contributed by atoms with E-state index in [2.05, 4.69) is 0 Å². The Morgan fingerprint density at radius 2 is 2.43 bits per heavy atom. The third-order valence-electron chi connectivity index (χ3n) is 0.551. The quantitative estimate of drug-likeness (QED) is 0.476. The Hall–Kier alpha value is -0.340. The average Bonchev–Trinajstić information content (AvgIpc) is 1.61. The molecule has 0 amide bonds. The van der Waals surface area contributed by atoms with Gasteiger partial charge in [-0.05, 0) is 6.92 Å². The van der Waals surface area contributed by atoms with E-state index in [0.717, 1.165) is 0 Å². The summed E-state index contributed by atoms with van der Waals surface area (Å²) in [6.45, 7) is 2.19. The van der Waals surface area contributed by atoms with Crippen LogP contribution in [0.3, 0.4) is 0 Å². The molecular weight excluding hydrogens is 90.1 g/mol. The van der Waals surface area contributed by atoms with E-state index in [1.807, 2.05) is 0 Å². The molecule has 0 aromatic rings. The molecule has 1 atom stereocenters. The lowest BCUT2D eigenvalue weighted by molar-refractivity contribution is 0.244. The first kappa shape index (κ1) is 6.66. The summed E-state index contributed by atoms with van der Waals surface area (Å²) < 4.78 is 0. The first-order valence-corrected chi connectivity index (χ1v) is 2.32. The summed E-state index contributed by atoms with van der Waals surface area (Å²) in [4.78, 5) is 0. The van der Waals surface area contributed by atoms with Gasteiger partial charge in [0.25, 0.3) is 0 Å². The topological polar surface area (TPSA) is 46.2 Å². The predicted molar refractivity (Wildman–Crippen MR) is 29.9 cm³/mol. The first-order valence-electron chi connectivity index (χ1n) is 2.32. The number of aliphatic hydroxyl groups excluding tert-OH is 1. The number of aliphatic hydroxyl groups is 1. The van der Waals surface area contributed by atoms with Crippen molar-refractivity contribution in [2.75, 3.05) is 6.54 Å². The Bertz CT molecular complexity index is 59.1. The fourth-order valence-electron chi connectivity index (χ4n) is 0.276. The van der Waals surface area contributed by atoms with Crippen molar-refractivity contribution in [3.8, 4) is 0 Å². The second-order valence-electron chi connectivity index (χ2n) is 1.40. The molecule has 0 spiro atoms. The molecule has 0 aliphatic heterocycles. The van der Waals surface area contributed by atoms with Crippen molar-refractivity contribution in [3.63, 3.8) is 0 Å². The van der Waals surface area contributed by atoms with Crippen LogP contribution in [0.5, 0.6) is 0 Å². The van der Waals surface area contributed by atoms with E-state index in [-0.39, 0.29) is 6.10 Å². The summed E-state index contributed by atoms with van der Waals surface area (Å²) in [5.74, 6) is 0. The van der Waals surface area contributed by atoms with E-state index in [1.54, 1.807) is 19.1 Å². The zero-order valence-corrected chi connectivity index (χ0v) is 4.46. The second-order valence-corrected chi connectivity index (χ2v) is 1.40. The molecule has 0 aromatic heterocycles. The van der Waals surface area contributed by atoms with E-state index in [0.29, 0.717) is 6.54 Å². The number of hydrogen-bond acceptors (Lipinski definition) is 2. The van der Waals surface area contributed by atoms with Crippen LogP contribution < -0.4 is 5.73 Å². The van der Waals surface area contributed by atoms with Crippen molar-refractivity contribution >= 4 is 0 Å². The molecule has 0 aromatic carbocycles. The standard InChI is InChI=1S/C5H11NO/c1-5(7)3-2-4-6/h2-3,5,7H,4,6H2,1H3. The fourth-order valence-corrected chi connectivity index (χ4v) is 0.276. The van der Waals surface area contributed by atoms with Crippen molar-refractivity contribution in [2.45, 2.75) is 13.0 Å². The van der Waals surface area contributed by atoms with Gasteiger partial charge in [0, 0.05) is 6.54 Å². The lowest BCUT2D eigenvalue weighted by atomic mass is 10.3. The van der Waals surface area contributed by atoms with Crippen LogP contribution in [0.1, 0.15) is 6.92 Å². The molecule has 7 heavy (non-hydrogen) atoms. The monoisotopic (exact) mass is 101 g/mol. The smallest absolute Gasteiger partial charge is 0.0693 e. The molecular formula is C5H11NO. The van der Waals surface area contributed by atoms with Gasteiger partial charge in [-0.1, -0.05) is 12.2 Å². The van der Waals surface area contributed by atoms with Crippen LogP contribution >= 0.6 is 0 Å². The molecule has 3 N–H and O–H groups in total. The van der Waals surface area contributed by atoms with Crippen molar-refractivity contribution in [1.82, 2.24) is 0 Å². The molecule has 0 heterocycles. The Balaban J connectivity index is 3.08. The summed E-state index contributed by atoms with van der Waals surface area (Å²) in [6, 6.07) is 0. The predicted octanol–water partition coefficient (Wildman–Crippen LogP) is -0.118. The van der Waals surface area contributed by atoms with E-state index < -0.39 is 0 Å². The van der Waals surface area contributed by atoms with Gasteiger partial charge in [-0.25, -0.2) is 0 Å². The molecule has 0 saturated carbocycles. The highest BCUT2D eigenvalue weighted by Crippen LogP contribution is 1.78. The van der Waals surface area contributed by atoms with Crippen molar-refractivity contribution in [2.24, 2.45) is 5.73 Å². The van der Waals surface area contributed by atoms with Crippen LogP contribution in [0.2, 0.25) is 0 Å². The fraction of sp³-hybridized carbons (Fsp3) is 0.600. The molecule has 0 rings (SSSR count). The van der Waals surface area contributed by atoms with Gasteiger partial charge in [-0.3, -0.25) is 0 Å². The largest absolute Gasteiger partial charge is 0.389 e. The summed E-state index contributed by atoms with van der Waals surface area (Å²) in [7, 11) is 0. The van der Waals surface area contributed by atoms with Gasteiger partial charge >= 0.3 is 0 Å². The van der Waals surface area contributed by atoms with Gasteiger partial charge in [0.15, 0.2) is 0 Å². The Labute approximate surface area is 43.6 Å². The van der Waals surface area contributed by atoms with Gasteiger partial charge in [0.2, 0.25) is 0 Å². The van der Waals surface area contributed by atoms with Gasteiger partial charge < -0.3 is 10.8 Å². The van der Waals surface area contributed by atoms with E-state index in [4.69, 9.17) is 10.8 Å². The molecule has 1 unspecified atom stereocenters. The lowest BCUT2D eigenvalue weighted by Crippen LogP contribution is -1.97. The second kappa shape index (κ2) is 3.84. The molecule has 0 radical (unpaired) electrons. The van der Waals surface area contributed by atoms with E-state index in [9.17, 15) is 0 Å². The highest BCUT2D eigenvalue weighted by molar-refractivity contribution is 4.86. The maximum Gasteiger partial charge on any atom is 0.0693 e. The number of rotatable bonds is 2. The van der Waals surface area contributed by atoms with Gasteiger partial charge in [-0.15, -0.1) is 0 Å². The average molecular weight is 101 g/mol. The highest BCUT2D eigenvalue weighted by atomic mass is 16.3. The number of hydrogen-bond donors (Lipinski definition) is 2. The molecule has 0 saturated heterocycles. The zero-order chi connectivity index (χ0) is 5.70. The third-order valence-corrected chi connectivity index (χ3v) is 0.551. The number of nitrogens with two attached hydrogens (primary N) is 1. The minimum Gasteiger partial charge on any atom is -0.389 e. The van der Waals surface area contributed by atoms with Crippen LogP contribution in [0.25, 0.3) is 0 Å². The molecule has 2 heteroatoms. The molecule has 42 valence electrons. The normalized spacial score (nSPS) is 15.3. The van der Waals surface area contributed by atoms with Gasteiger partial charge in [0.1, 0.15) is 0 Å².